The molecule has 1 unspecified atom stereocenters. The van der Waals surface area contributed by atoms with Crippen LogP contribution >= 0.6 is 0 Å². The van der Waals surface area contributed by atoms with Gasteiger partial charge in [0.15, 0.2) is 0 Å². The molecule has 0 aliphatic heterocycles. The van der Waals surface area contributed by atoms with Crippen LogP contribution in [0.4, 0.5) is 4.79 Å². The Bertz CT molecular complexity index is 993. The summed E-state index contributed by atoms with van der Waals surface area (Å²) in [4.78, 5) is 35.5. The van der Waals surface area contributed by atoms with Gasteiger partial charge in [0, 0.05) is 11.8 Å². The topological polar surface area (TPSA) is 117 Å². The molecular formula is C29H42N2O6. The van der Waals surface area contributed by atoms with E-state index in [9.17, 15) is 14.4 Å². The van der Waals surface area contributed by atoms with Gasteiger partial charge < -0.3 is 25.3 Å². The number of rotatable bonds is 12. The van der Waals surface area contributed by atoms with E-state index < -0.39 is 23.6 Å². The fourth-order valence-corrected chi connectivity index (χ4v) is 4.21. The van der Waals surface area contributed by atoms with E-state index in [-0.39, 0.29) is 23.9 Å². The molecule has 0 saturated heterocycles. The molecule has 1 aliphatic rings. The average Bonchev–Trinajstić information content (AvgIpc) is 2.79. The molecule has 2 amide bonds. The zero-order valence-corrected chi connectivity index (χ0v) is 23.0. The minimum absolute atomic E-state index is 0.127. The minimum atomic E-state index is -0.635. The van der Waals surface area contributed by atoms with Crippen LogP contribution in [0, 0.1) is 0 Å². The number of benzene rings is 1. The van der Waals surface area contributed by atoms with Gasteiger partial charge in [0.05, 0.1) is 31.8 Å². The van der Waals surface area contributed by atoms with Crippen LogP contribution in [0.25, 0.3) is 0 Å². The first-order chi connectivity index (χ1) is 17.3. The molecule has 0 fully saturated rings. The SMILES string of the molecule is CCOC(=O)CC1=CC=CC(C)(c2ccc(CO[C@H](C)[C@H](CCC(N)=O)NC(=O)OC(C)(C)C)cc2)C1. The number of carbonyl (C=O) groups is 3. The monoisotopic (exact) mass is 514 g/mol. The fraction of sp³-hybridized carbons (Fsp3) is 0.552. The standard InChI is InChI=1S/C29H42N2O6/c1-7-35-26(33)17-22-9-8-16-29(6,18-22)23-12-10-21(11-13-23)19-36-20(2)24(14-15-25(30)32)31-27(34)37-28(3,4)5/h8-13,16,20,24H,7,14-15,17-19H2,1-6H3,(H2,30,32)(H,31,34)/t20-,24+,29?/m1/s1. The van der Waals surface area contributed by atoms with Crippen LogP contribution in [0.15, 0.2) is 48.1 Å². The number of esters is 1. The van der Waals surface area contributed by atoms with Crippen molar-refractivity contribution in [2.75, 3.05) is 6.61 Å². The Labute approximate surface area is 220 Å². The maximum Gasteiger partial charge on any atom is 0.407 e. The lowest BCUT2D eigenvalue weighted by molar-refractivity contribution is -0.142. The molecule has 1 aliphatic carbocycles. The van der Waals surface area contributed by atoms with Crippen LogP contribution < -0.4 is 11.1 Å². The maximum atomic E-state index is 12.3. The Morgan fingerprint density at radius 1 is 1.16 bits per heavy atom. The molecule has 1 aromatic rings. The summed E-state index contributed by atoms with van der Waals surface area (Å²) in [5, 5.41) is 2.81. The number of amides is 2. The Balaban J connectivity index is 1.99. The Hall–Kier alpha value is -3.13. The van der Waals surface area contributed by atoms with Crippen molar-refractivity contribution in [3.8, 4) is 0 Å². The molecule has 8 heteroatoms. The summed E-state index contributed by atoms with van der Waals surface area (Å²) in [5.41, 5.74) is 7.62. The van der Waals surface area contributed by atoms with E-state index in [4.69, 9.17) is 19.9 Å². The largest absolute Gasteiger partial charge is 0.466 e. The van der Waals surface area contributed by atoms with Crippen molar-refractivity contribution in [2.24, 2.45) is 5.73 Å². The first kappa shape index (κ1) is 30.1. The zero-order chi connectivity index (χ0) is 27.6. The van der Waals surface area contributed by atoms with Gasteiger partial charge in [-0.15, -0.1) is 0 Å². The predicted molar refractivity (Wildman–Crippen MR) is 143 cm³/mol. The van der Waals surface area contributed by atoms with Gasteiger partial charge in [-0.1, -0.05) is 55.0 Å². The van der Waals surface area contributed by atoms with Gasteiger partial charge in [0.2, 0.25) is 5.91 Å². The second-order valence-electron chi connectivity index (χ2n) is 10.7. The molecule has 0 aromatic heterocycles. The van der Waals surface area contributed by atoms with E-state index in [2.05, 4.69) is 30.4 Å². The number of alkyl carbamates (subject to hydrolysis) is 1. The van der Waals surface area contributed by atoms with Gasteiger partial charge in [-0.05, 0) is 58.6 Å². The molecule has 0 bridgehead atoms. The van der Waals surface area contributed by atoms with Crippen LogP contribution in [0.1, 0.15) is 78.4 Å². The normalized spacial score (nSPS) is 18.9. The summed E-state index contributed by atoms with van der Waals surface area (Å²) in [6.07, 6.45) is 6.72. The van der Waals surface area contributed by atoms with Crippen LogP contribution in [0.3, 0.4) is 0 Å². The molecule has 0 heterocycles. The highest BCUT2D eigenvalue weighted by molar-refractivity contribution is 5.74. The van der Waals surface area contributed by atoms with Crippen molar-refractivity contribution in [3.05, 3.63) is 59.2 Å². The number of hydrogen-bond donors (Lipinski definition) is 2. The van der Waals surface area contributed by atoms with Gasteiger partial charge in [0.25, 0.3) is 0 Å². The molecule has 0 radical (unpaired) electrons. The molecule has 3 atom stereocenters. The second-order valence-corrected chi connectivity index (χ2v) is 10.7. The number of primary amides is 1. The molecular weight excluding hydrogens is 472 g/mol. The van der Waals surface area contributed by atoms with E-state index in [1.165, 1.54) is 0 Å². The highest BCUT2D eigenvalue weighted by Crippen LogP contribution is 2.36. The Morgan fingerprint density at radius 2 is 1.84 bits per heavy atom. The van der Waals surface area contributed by atoms with Crippen molar-refractivity contribution < 1.29 is 28.6 Å². The van der Waals surface area contributed by atoms with Gasteiger partial charge in [0.1, 0.15) is 5.60 Å². The van der Waals surface area contributed by atoms with E-state index in [0.29, 0.717) is 26.1 Å². The Morgan fingerprint density at radius 3 is 2.43 bits per heavy atom. The lowest BCUT2D eigenvalue weighted by Gasteiger charge is -2.30. The third-order valence-electron chi connectivity index (χ3n) is 6.16. The number of hydrogen-bond acceptors (Lipinski definition) is 6. The predicted octanol–water partition coefficient (Wildman–Crippen LogP) is 4.85. The quantitative estimate of drug-likeness (QED) is 0.385. The minimum Gasteiger partial charge on any atom is -0.466 e. The van der Waals surface area contributed by atoms with E-state index in [1.54, 1.807) is 20.8 Å². The maximum absolute atomic E-state index is 12.3. The zero-order valence-electron chi connectivity index (χ0n) is 23.0. The van der Waals surface area contributed by atoms with E-state index >= 15 is 0 Å². The second kappa shape index (κ2) is 13.4. The van der Waals surface area contributed by atoms with Crippen LogP contribution in [0.2, 0.25) is 0 Å². The number of carbonyl (C=O) groups excluding carboxylic acids is 3. The summed E-state index contributed by atoms with van der Waals surface area (Å²) in [5.74, 6) is -0.646. The lowest BCUT2D eigenvalue weighted by Crippen LogP contribution is -2.45. The van der Waals surface area contributed by atoms with E-state index in [1.807, 2.05) is 38.1 Å². The smallest absolute Gasteiger partial charge is 0.407 e. The highest BCUT2D eigenvalue weighted by atomic mass is 16.6. The molecule has 2 rings (SSSR count). The molecule has 37 heavy (non-hydrogen) atoms. The van der Waals surface area contributed by atoms with Crippen LogP contribution in [-0.2, 0) is 35.8 Å². The number of ether oxygens (including phenoxy) is 3. The molecule has 3 N–H and O–H groups in total. The van der Waals surface area contributed by atoms with Crippen molar-refractivity contribution in [1.29, 1.82) is 0 Å². The number of nitrogens with two attached hydrogens (primary N) is 1. The van der Waals surface area contributed by atoms with Gasteiger partial charge in [-0.3, -0.25) is 9.59 Å². The fourth-order valence-electron chi connectivity index (χ4n) is 4.21. The van der Waals surface area contributed by atoms with Gasteiger partial charge in [-0.2, -0.15) is 0 Å². The molecule has 8 nitrogen and oxygen atoms in total. The van der Waals surface area contributed by atoms with Crippen molar-refractivity contribution in [3.63, 3.8) is 0 Å². The summed E-state index contributed by atoms with van der Waals surface area (Å²) >= 11 is 0. The summed E-state index contributed by atoms with van der Waals surface area (Å²) < 4.78 is 16.5. The van der Waals surface area contributed by atoms with Crippen LogP contribution in [0.5, 0.6) is 0 Å². The Kier molecular flexibility index (Phi) is 10.9. The highest BCUT2D eigenvalue weighted by Gasteiger charge is 2.28. The summed E-state index contributed by atoms with van der Waals surface area (Å²) in [6.45, 7) is 11.9. The summed E-state index contributed by atoms with van der Waals surface area (Å²) in [6, 6.07) is 7.75. The van der Waals surface area contributed by atoms with Crippen molar-refractivity contribution >= 4 is 18.0 Å². The van der Waals surface area contributed by atoms with Crippen LogP contribution in [-0.4, -0.2) is 42.3 Å². The molecule has 0 spiro atoms. The first-order valence-corrected chi connectivity index (χ1v) is 12.8. The third kappa shape index (κ3) is 10.4. The lowest BCUT2D eigenvalue weighted by atomic mass is 9.74. The first-order valence-electron chi connectivity index (χ1n) is 12.8. The molecule has 0 saturated carbocycles. The van der Waals surface area contributed by atoms with Crippen molar-refractivity contribution in [1.82, 2.24) is 5.32 Å². The third-order valence-corrected chi connectivity index (χ3v) is 6.16. The molecule has 204 valence electrons. The van der Waals surface area contributed by atoms with Gasteiger partial charge in [-0.25, -0.2) is 4.79 Å². The van der Waals surface area contributed by atoms with Gasteiger partial charge >= 0.3 is 12.1 Å². The average molecular weight is 515 g/mol. The van der Waals surface area contributed by atoms with E-state index in [0.717, 1.165) is 23.1 Å². The molecule has 1 aromatic carbocycles. The summed E-state index contributed by atoms with van der Waals surface area (Å²) in [7, 11) is 0. The van der Waals surface area contributed by atoms with Crippen molar-refractivity contribution in [2.45, 2.75) is 97.0 Å². The number of nitrogens with one attached hydrogen (secondary N) is 1. The number of allylic oxidation sites excluding steroid dienone is 3.